The van der Waals surface area contributed by atoms with Crippen LogP contribution in [0.15, 0.2) is 0 Å². The van der Waals surface area contributed by atoms with Gasteiger partial charge in [0.25, 0.3) is 0 Å². The summed E-state index contributed by atoms with van der Waals surface area (Å²) in [5.74, 6) is -0.339. The maximum absolute atomic E-state index is 11.1. The molecule has 0 aromatic heterocycles. The Labute approximate surface area is 65.3 Å². The maximum atomic E-state index is 11.1. The first kappa shape index (κ1) is 8.04. The largest absolute Gasteiger partial charge is 0.358 e. The van der Waals surface area contributed by atoms with Gasteiger partial charge in [0.05, 0.1) is 0 Å². The standard InChI is InChI=1S/C7H12N2O2/c1-8-5(10)7(3-4-7)6(11)9-2/h3-4H2,1-2H3,(H,8,10)(H,9,11). The van der Waals surface area contributed by atoms with Crippen LogP contribution in [-0.2, 0) is 9.59 Å². The van der Waals surface area contributed by atoms with Crippen LogP contribution in [0.5, 0.6) is 0 Å². The molecule has 0 aromatic carbocycles. The minimum Gasteiger partial charge on any atom is -0.358 e. The first-order valence-electron chi connectivity index (χ1n) is 3.62. The molecule has 0 unspecified atom stereocenters. The van der Waals surface area contributed by atoms with Gasteiger partial charge in [0.2, 0.25) is 11.8 Å². The van der Waals surface area contributed by atoms with E-state index in [2.05, 4.69) is 10.6 Å². The second-order valence-corrected chi connectivity index (χ2v) is 2.74. The summed E-state index contributed by atoms with van der Waals surface area (Å²) >= 11 is 0. The lowest BCUT2D eigenvalue weighted by atomic mass is 10.1. The minimum atomic E-state index is -0.733. The van der Waals surface area contributed by atoms with E-state index in [-0.39, 0.29) is 11.8 Å². The molecule has 0 aliphatic heterocycles. The Morgan fingerprint density at radius 1 is 1.09 bits per heavy atom. The van der Waals surface area contributed by atoms with E-state index >= 15 is 0 Å². The topological polar surface area (TPSA) is 58.2 Å². The van der Waals surface area contributed by atoms with Crippen molar-refractivity contribution in [2.75, 3.05) is 14.1 Å². The number of carbonyl (C=O) groups excluding carboxylic acids is 2. The Bertz CT molecular complexity index is 179. The Balaban J connectivity index is 2.67. The van der Waals surface area contributed by atoms with Crippen molar-refractivity contribution in [2.24, 2.45) is 5.41 Å². The van der Waals surface area contributed by atoms with Crippen molar-refractivity contribution < 1.29 is 9.59 Å². The number of nitrogens with one attached hydrogen (secondary N) is 2. The van der Waals surface area contributed by atoms with E-state index < -0.39 is 5.41 Å². The smallest absolute Gasteiger partial charge is 0.235 e. The Morgan fingerprint density at radius 2 is 1.45 bits per heavy atom. The summed E-state index contributed by atoms with van der Waals surface area (Å²) in [5, 5.41) is 4.97. The van der Waals surface area contributed by atoms with Gasteiger partial charge in [-0.15, -0.1) is 0 Å². The molecule has 11 heavy (non-hydrogen) atoms. The predicted octanol–water partition coefficient (Wildman–Crippen LogP) is -0.741. The maximum Gasteiger partial charge on any atom is 0.235 e. The lowest BCUT2D eigenvalue weighted by molar-refractivity contribution is -0.136. The molecule has 0 heterocycles. The first-order valence-corrected chi connectivity index (χ1v) is 3.62. The lowest BCUT2D eigenvalue weighted by Crippen LogP contribution is -2.40. The number of amides is 2. The summed E-state index contributed by atoms with van der Waals surface area (Å²) in [6, 6.07) is 0. The van der Waals surface area contributed by atoms with Gasteiger partial charge in [-0.3, -0.25) is 9.59 Å². The number of hydrogen-bond donors (Lipinski definition) is 2. The molecular formula is C7H12N2O2. The minimum absolute atomic E-state index is 0.170. The SMILES string of the molecule is CNC(=O)C1(C(=O)NC)CC1. The van der Waals surface area contributed by atoms with Crippen LogP contribution >= 0.6 is 0 Å². The molecule has 62 valence electrons. The van der Waals surface area contributed by atoms with Gasteiger partial charge in [-0.05, 0) is 12.8 Å². The normalized spacial score (nSPS) is 18.7. The molecule has 4 heteroatoms. The summed E-state index contributed by atoms with van der Waals surface area (Å²) in [7, 11) is 3.09. The molecule has 2 N–H and O–H groups in total. The quantitative estimate of drug-likeness (QED) is 0.517. The van der Waals surface area contributed by atoms with E-state index in [1.807, 2.05) is 0 Å². The van der Waals surface area contributed by atoms with Crippen molar-refractivity contribution in [1.82, 2.24) is 10.6 Å². The molecule has 4 nitrogen and oxygen atoms in total. The third-order valence-electron chi connectivity index (χ3n) is 2.07. The zero-order valence-corrected chi connectivity index (χ0v) is 6.73. The fraction of sp³-hybridized carbons (Fsp3) is 0.714. The molecule has 1 aliphatic rings. The van der Waals surface area contributed by atoms with E-state index in [0.717, 1.165) is 0 Å². The fourth-order valence-electron chi connectivity index (χ4n) is 1.16. The van der Waals surface area contributed by atoms with E-state index in [9.17, 15) is 9.59 Å². The average Bonchev–Trinajstić information content (AvgIpc) is 2.82. The Morgan fingerprint density at radius 3 is 1.64 bits per heavy atom. The molecule has 0 saturated heterocycles. The first-order chi connectivity index (χ1) is 5.17. The van der Waals surface area contributed by atoms with Crippen molar-refractivity contribution in [2.45, 2.75) is 12.8 Å². The van der Waals surface area contributed by atoms with Crippen molar-refractivity contribution >= 4 is 11.8 Å². The molecule has 1 aliphatic carbocycles. The van der Waals surface area contributed by atoms with Crippen LogP contribution in [0.1, 0.15) is 12.8 Å². The third kappa shape index (κ3) is 1.08. The van der Waals surface area contributed by atoms with Gasteiger partial charge in [0.1, 0.15) is 5.41 Å². The van der Waals surface area contributed by atoms with Crippen molar-refractivity contribution in [3.05, 3.63) is 0 Å². The Kier molecular flexibility index (Phi) is 1.85. The van der Waals surface area contributed by atoms with Crippen LogP contribution in [0.2, 0.25) is 0 Å². The molecular weight excluding hydrogens is 144 g/mol. The van der Waals surface area contributed by atoms with Crippen LogP contribution in [0, 0.1) is 5.41 Å². The molecule has 1 rings (SSSR count). The van der Waals surface area contributed by atoms with E-state index in [1.165, 1.54) is 0 Å². The molecule has 1 fully saturated rings. The molecule has 1 saturated carbocycles. The van der Waals surface area contributed by atoms with Crippen LogP contribution in [-0.4, -0.2) is 25.9 Å². The highest BCUT2D eigenvalue weighted by atomic mass is 16.2. The number of hydrogen-bond acceptors (Lipinski definition) is 2. The molecule has 0 aromatic rings. The highest BCUT2D eigenvalue weighted by Crippen LogP contribution is 2.45. The second-order valence-electron chi connectivity index (χ2n) is 2.74. The molecule has 0 radical (unpaired) electrons. The van der Waals surface area contributed by atoms with Crippen molar-refractivity contribution in [1.29, 1.82) is 0 Å². The predicted molar refractivity (Wildman–Crippen MR) is 39.8 cm³/mol. The third-order valence-corrected chi connectivity index (χ3v) is 2.07. The fourth-order valence-corrected chi connectivity index (χ4v) is 1.16. The van der Waals surface area contributed by atoms with Gasteiger partial charge in [-0.2, -0.15) is 0 Å². The molecule has 0 spiro atoms. The zero-order valence-electron chi connectivity index (χ0n) is 6.73. The van der Waals surface area contributed by atoms with Crippen LogP contribution < -0.4 is 10.6 Å². The van der Waals surface area contributed by atoms with Gasteiger partial charge in [-0.25, -0.2) is 0 Å². The summed E-state index contributed by atoms with van der Waals surface area (Å²) in [6.07, 6.45) is 1.35. The summed E-state index contributed by atoms with van der Waals surface area (Å²) in [6.45, 7) is 0. The zero-order chi connectivity index (χ0) is 8.48. The van der Waals surface area contributed by atoms with E-state index in [1.54, 1.807) is 14.1 Å². The second kappa shape index (κ2) is 2.53. The summed E-state index contributed by atoms with van der Waals surface area (Å²) in [5.41, 5.74) is -0.733. The van der Waals surface area contributed by atoms with E-state index in [4.69, 9.17) is 0 Å². The summed E-state index contributed by atoms with van der Waals surface area (Å²) < 4.78 is 0. The van der Waals surface area contributed by atoms with Gasteiger partial charge >= 0.3 is 0 Å². The van der Waals surface area contributed by atoms with Gasteiger partial charge in [0.15, 0.2) is 0 Å². The molecule has 0 bridgehead atoms. The lowest BCUT2D eigenvalue weighted by Gasteiger charge is -2.10. The highest BCUT2D eigenvalue weighted by molar-refractivity contribution is 6.07. The highest BCUT2D eigenvalue weighted by Gasteiger charge is 2.55. The molecule has 2 amide bonds. The summed E-state index contributed by atoms with van der Waals surface area (Å²) in [4.78, 5) is 22.2. The van der Waals surface area contributed by atoms with Crippen LogP contribution in [0.25, 0.3) is 0 Å². The van der Waals surface area contributed by atoms with Gasteiger partial charge in [0, 0.05) is 14.1 Å². The van der Waals surface area contributed by atoms with Gasteiger partial charge in [-0.1, -0.05) is 0 Å². The Hall–Kier alpha value is -1.06. The van der Waals surface area contributed by atoms with Gasteiger partial charge < -0.3 is 10.6 Å². The van der Waals surface area contributed by atoms with Crippen molar-refractivity contribution in [3.63, 3.8) is 0 Å². The van der Waals surface area contributed by atoms with Crippen LogP contribution in [0.3, 0.4) is 0 Å². The van der Waals surface area contributed by atoms with Crippen LogP contribution in [0.4, 0.5) is 0 Å². The van der Waals surface area contributed by atoms with Crippen molar-refractivity contribution in [3.8, 4) is 0 Å². The number of rotatable bonds is 2. The average molecular weight is 156 g/mol. The molecule has 0 atom stereocenters. The monoisotopic (exact) mass is 156 g/mol. The number of carbonyl (C=O) groups is 2. The van der Waals surface area contributed by atoms with E-state index in [0.29, 0.717) is 12.8 Å².